The molecule has 1 rings (SSSR count). The maximum atomic E-state index is 12.7. The summed E-state index contributed by atoms with van der Waals surface area (Å²) >= 11 is 4.86. The summed E-state index contributed by atoms with van der Waals surface area (Å²) in [5, 5.41) is 3.19. The van der Waals surface area contributed by atoms with Crippen molar-refractivity contribution >= 4 is 22.9 Å². The molecule has 118 valence electrons. The van der Waals surface area contributed by atoms with Gasteiger partial charge < -0.3 is 11.1 Å². The maximum absolute atomic E-state index is 12.7. The van der Waals surface area contributed by atoms with Crippen LogP contribution in [0.4, 0.5) is 18.9 Å². The van der Waals surface area contributed by atoms with Crippen LogP contribution in [0.1, 0.15) is 44.7 Å². The number of halogens is 3. The van der Waals surface area contributed by atoms with Crippen LogP contribution in [0.15, 0.2) is 18.2 Å². The second kappa shape index (κ2) is 7.11. The normalized spacial score (nSPS) is 13.3. The Morgan fingerprint density at radius 2 is 1.86 bits per heavy atom. The summed E-state index contributed by atoms with van der Waals surface area (Å²) in [5.41, 5.74) is 5.58. The van der Waals surface area contributed by atoms with Crippen molar-refractivity contribution in [3.63, 3.8) is 0 Å². The van der Waals surface area contributed by atoms with Gasteiger partial charge in [0, 0.05) is 17.3 Å². The van der Waals surface area contributed by atoms with Crippen LogP contribution >= 0.6 is 12.2 Å². The van der Waals surface area contributed by atoms with E-state index < -0.39 is 11.7 Å². The monoisotopic (exact) mass is 318 g/mol. The zero-order chi connectivity index (χ0) is 16.2. The van der Waals surface area contributed by atoms with Crippen molar-refractivity contribution in [1.82, 2.24) is 0 Å². The minimum absolute atomic E-state index is 0.0420. The second-order valence-corrected chi connectivity index (χ2v) is 6.08. The van der Waals surface area contributed by atoms with E-state index in [1.54, 1.807) is 0 Å². The Kier molecular flexibility index (Phi) is 6.01. The van der Waals surface area contributed by atoms with Crippen LogP contribution in [0.5, 0.6) is 0 Å². The number of rotatable bonds is 6. The van der Waals surface area contributed by atoms with Gasteiger partial charge in [-0.15, -0.1) is 0 Å². The molecule has 0 aliphatic heterocycles. The number of nitrogens with one attached hydrogen (secondary N) is 1. The van der Waals surface area contributed by atoms with Crippen LogP contribution < -0.4 is 11.1 Å². The highest BCUT2D eigenvalue weighted by molar-refractivity contribution is 7.80. The molecular formula is C15H21F3N2S. The van der Waals surface area contributed by atoms with Gasteiger partial charge >= 0.3 is 6.18 Å². The molecular weight excluding hydrogens is 297 g/mol. The topological polar surface area (TPSA) is 38.0 Å². The Bertz CT molecular complexity index is 498. The van der Waals surface area contributed by atoms with E-state index in [2.05, 4.69) is 19.2 Å². The largest absolute Gasteiger partial charge is 0.416 e. The first-order valence-electron chi connectivity index (χ1n) is 6.89. The summed E-state index contributed by atoms with van der Waals surface area (Å²) in [6.45, 7) is 6.25. The first-order chi connectivity index (χ1) is 9.61. The van der Waals surface area contributed by atoms with E-state index in [0.717, 1.165) is 25.0 Å². The molecule has 1 unspecified atom stereocenters. The van der Waals surface area contributed by atoms with E-state index in [1.807, 2.05) is 6.92 Å². The molecule has 0 heterocycles. The number of hydrogen-bond acceptors (Lipinski definition) is 2. The van der Waals surface area contributed by atoms with Crippen molar-refractivity contribution in [2.45, 2.75) is 45.8 Å². The van der Waals surface area contributed by atoms with Gasteiger partial charge in [0.05, 0.1) is 5.56 Å². The molecule has 0 aliphatic rings. The molecule has 21 heavy (non-hydrogen) atoms. The Morgan fingerprint density at radius 1 is 1.24 bits per heavy atom. The summed E-state index contributed by atoms with van der Waals surface area (Å²) < 4.78 is 38.2. The predicted molar refractivity (Wildman–Crippen MR) is 84.5 cm³/mol. The van der Waals surface area contributed by atoms with E-state index in [0.29, 0.717) is 11.6 Å². The van der Waals surface area contributed by atoms with Crippen molar-refractivity contribution in [3.05, 3.63) is 29.3 Å². The molecule has 1 aromatic carbocycles. The molecule has 2 nitrogen and oxygen atoms in total. The highest BCUT2D eigenvalue weighted by Crippen LogP contribution is 2.32. The lowest BCUT2D eigenvalue weighted by Gasteiger charge is -2.19. The Labute approximate surface area is 128 Å². The number of benzene rings is 1. The number of nitrogens with two attached hydrogens (primary N) is 1. The van der Waals surface area contributed by atoms with Crippen molar-refractivity contribution in [2.24, 2.45) is 11.7 Å². The SMILES string of the molecule is CC(C)CCC(C)Nc1ccc(C(F)(F)F)cc1C(N)=S. The predicted octanol–water partition coefficient (Wildman–Crippen LogP) is 4.58. The van der Waals surface area contributed by atoms with Crippen LogP contribution in [0, 0.1) is 5.92 Å². The van der Waals surface area contributed by atoms with Crippen molar-refractivity contribution in [3.8, 4) is 0 Å². The third-order valence-corrected chi connectivity index (χ3v) is 3.41. The van der Waals surface area contributed by atoms with Crippen LogP contribution in [0.2, 0.25) is 0 Å². The zero-order valence-corrected chi connectivity index (χ0v) is 13.2. The third-order valence-electron chi connectivity index (χ3n) is 3.19. The fourth-order valence-electron chi connectivity index (χ4n) is 1.97. The van der Waals surface area contributed by atoms with Crippen molar-refractivity contribution in [1.29, 1.82) is 0 Å². The van der Waals surface area contributed by atoms with E-state index in [1.165, 1.54) is 6.07 Å². The first kappa shape index (κ1) is 17.8. The van der Waals surface area contributed by atoms with Gasteiger partial charge in [-0.3, -0.25) is 0 Å². The molecule has 3 N–H and O–H groups in total. The van der Waals surface area contributed by atoms with E-state index in [4.69, 9.17) is 18.0 Å². The van der Waals surface area contributed by atoms with Gasteiger partial charge in [0.25, 0.3) is 0 Å². The highest BCUT2D eigenvalue weighted by Gasteiger charge is 2.31. The zero-order valence-electron chi connectivity index (χ0n) is 12.4. The van der Waals surface area contributed by atoms with Gasteiger partial charge in [-0.2, -0.15) is 13.2 Å². The molecule has 0 saturated carbocycles. The number of hydrogen-bond donors (Lipinski definition) is 2. The van der Waals surface area contributed by atoms with Crippen LogP contribution in [0.3, 0.4) is 0 Å². The quantitative estimate of drug-likeness (QED) is 0.754. The second-order valence-electron chi connectivity index (χ2n) is 5.64. The standard InChI is InChI=1S/C15H21F3N2S/c1-9(2)4-5-10(3)20-13-7-6-11(15(16,17)18)8-12(13)14(19)21/h6-10,20H,4-5H2,1-3H3,(H2,19,21). The summed E-state index contributed by atoms with van der Waals surface area (Å²) in [6.07, 6.45) is -2.44. The molecule has 0 bridgehead atoms. The van der Waals surface area contributed by atoms with Gasteiger partial charge in [0.2, 0.25) is 0 Å². The molecule has 1 aromatic rings. The van der Waals surface area contributed by atoms with Gasteiger partial charge in [0.15, 0.2) is 0 Å². The average Bonchev–Trinajstić information content (AvgIpc) is 2.35. The van der Waals surface area contributed by atoms with E-state index in [9.17, 15) is 13.2 Å². The summed E-state index contributed by atoms with van der Waals surface area (Å²) in [7, 11) is 0. The Morgan fingerprint density at radius 3 is 2.33 bits per heavy atom. The molecule has 0 fully saturated rings. The van der Waals surface area contributed by atoms with Gasteiger partial charge in [-0.05, 0) is 43.9 Å². The fourth-order valence-corrected chi connectivity index (χ4v) is 2.14. The number of anilines is 1. The van der Waals surface area contributed by atoms with E-state index >= 15 is 0 Å². The minimum atomic E-state index is -4.40. The summed E-state index contributed by atoms with van der Waals surface area (Å²) in [4.78, 5) is -0.0420. The lowest BCUT2D eigenvalue weighted by molar-refractivity contribution is -0.137. The maximum Gasteiger partial charge on any atom is 0.416 e. The number of alkyl halides is 3. The Balaban J connectivity index is 2.94. The molecule has 0 saturated heterocycles. The molecule has 0 aliphatic carbocycles. The molecule has 0 aromatic heterocycles. The molecule has 1 atom stereocenters. The molecule has 0 spiro atoms. The Hall–Kier alpha value is -1.30. The lowest BCUT2D eigenvalue weighted by atomic mass is 10.0. The molecule has 0 amide bonds. The van der Waals surface area contributed by atoms with E-state index in [-0.39, 0.29) is 16.6 Å². The summed E-state index contributed by atoms with van der Waals surface area (Å²) in [6, 6.07) is 3.57. The van der Waals surface area contributed by atoms with Gasteiger partial charge in [0.1, 0.15) is 4.99 Å². The first-order valence-corrected chi connectivity index (χ1v) is 7.29. The van der Waals surface area contributed by atoms with Crippen LogP contribution in [0.25, 0.3) is 0 Å². The molecule has 6 heteroatoms. The number of thiocarbonyl (C=S) groups is 1. The van der Waals surface area contributed by atoms with Gasteiger partial charge in [-0.1, -0.05) is 26.1 Å². The fraction of sp³-hybridized carbons (Fsp3) is 0.533. The molecule has 0 radical (unpaired) electrons. The highest BCUT2D eigenvalue weighted by atomic mass is 32.1. The van der Waals surface area contributed by atoms with Crippen molar-refractivity contribution in [2.75, 3.05) is 5.32 Å². The lowest BCUT2D eigenvalue weighted by Crippen LogP contribution is -2.21. The summed E-state index contributed by atoms with van der Waals surface area (Å²) in [5.74, 6) is 0.580. The van der Waals surface area contributed by atoms with Crippen molar-refractivity contribution < 1.29 is 13.2 Å². The van der Waals surface area contributed by atoms with Gasteiger partial charge in [-0.25, -0.2) is 0 Å². The average molecular weight is 318 g/mol. The van der Waals surface area contributed by atoms with Crippen LogP contribution in [-0.2, 0) is 6.18 Å². The third kappa shape index (κ3) is 5.53. The minimum Gasteiger partial charge on any atom is -0.389 e. The van der Waals surface area contributed by atoms with Crippen LogP contribution in [-0.4, -0.2) is 11.0 Å². The smallest absolute Gasteiger partial charge is 0.389 e.